The van der Waals surface area contributed by atoms with E-state index >= 15 is 0 Å². The quantitative estimate of drug-likeness (QED) is 0.159. The summed E-state index contributed by atoms with van der Waals surface area (Å²) in [6, 6.07) is 65.0. The lowest BCUT2D eigenvalue weighted by Gasteiger charge is -2.51. The van der Waals surface area contributed by atoms with E-state index in [-0.39, 0.29) is 44.7 Å². The Morgan fingerprint density at radius 3 is 1.38 bits per heavy atom. The molecule has 1 fully saturated rings. The summed E-state index contributed by atoms with van der Waals surface area (Å²) in [4.78, 5) is 8.33. The lowest BCUT2D eigenvalue weighted by Crippen LogP contribution is -2.62. The average molecular weight is 1050 g/mol. The Hall–Kier alpha value is -6.78. The Morgan fingerprint density at radius 2 is 0.838 bits per heavy atom. The molecule has 0 aromatic heterocycles. The van der Waals surface area contributed by atoms with Gasteiger partial charge in [-0.25, -0.2) is 0 Å². The van der Waals surface area contributed by atoms with Crippen LogP contribution in [-0.2, 0) is 32.5 Å². The Balaban J connectivity index is 1.23. The zero-order valence-electron chi connectivity index (χ0n) is 50.8. The Kier molecular flexibility index (Phi) is 11.7. The van der Waals surface area contributed by atoms with Crippen LogP contribution in [0.2, 0.25) is 0 Å². The largest absolute Gasteiger partial charge is 0.334 e. The van der Waals surface area contributed by atoms with Gasteiger partial charge in [-0.05, 0) is 175 Å². The van der Waals surface area contributed by atoms with Gasteiger partial charge in [0, 0.05) is 50.7 Å². The van der Waals surface area contributed by atoms with Gasteiger partial charge in [0.25, 0.3) is 6.71 Å². The van der Waals surface area contributed by atoms with Crippen LogP contribution in [0.4, 0.5) is 45.5 Å². The van der Waals surface area contributed by atoms with Crippen LogP contribution in [0.25, 0.3) is 22.3 Å². The van der Waals surface area contributed by atoms with E-state index in [9.17, 15) is 0 Å². The number of fused-ring (bicyclic) bond motifs is 8. The summed E-state index contributed by atoms with van der Waals surface area (Å²) in [6.07, 6.45) is 7.05. The molecule has 2 atom stereocenters. The molecule has 1 saturated carbocycles. The lowest BCUT2D eigenvalue weighted by atomic mass is 9.33. The minimum atomic E-state index is -0.161. The molecule has 0 bridgehead atoms. The van der Waals surface area contributed by atoms with Crippen molar-refractivity contribution < 1.29 is 0 Å². The van der Waals surface area contributed by atoms with E-state index in [1.54, 1.807) is 0 Å². The Labute approximate surface area is 480 Å². The summed E-state index contributed by atoms with van der Waals surface area (Å²) in [5, 5.41) is 0. The minimum absolute atomic E-state index is 0.00544. The molecule has 0 spiro atoms. The molecule has 0 radical (unpaired) electrons. The fourth-order valence-corrected chi connectivity index (χ4v) is 15.3. The highest BCUT2D eigenvalue weighted by molar-refractivity contribution is 7.00. The standard InChI is InChI=1S/C76H84BN3/c1-70(2,3)51-33-36-62(55(42-51)49-26-18-16-19-27-49)78-65-44-53(72(7,8)9)32-35-60(65)77-61-47-58-59(74(12,13)41-40-73(58,10)11)48-66(61)79(63-37-34-52(71(4,5)6)43-56(63)50-28-20-17-21-29-50)68-46-54(45-67(78)69(68)77)80-64-31-23-22-30-57(64)75(14)38-24-25-39-76(75,80)15/h16-23,26-37,42-48H,24-25,38-41H2,1-15H3. The fraction of sp³-hybridized carbons (Fsp3) is 0.368. The van der Waals surface area contributed by atoms with Crippen molar-refractivity contribution in [2.75, 3.05) is 14.7 Å². The number of rotatable bonds is 5. The van der Waals surface area contributed by atoms with Crippen molar-refractivity contribution in [1.29, 1.82) is 0 Å². The van der Waals surface area contributed by atoms with Gasteiger partial charge in [0.05, 0.1) is 16.9 Å². The van der Waals surface area contributed by atoms with Gasteiger partial charge in [-0.3, -0.25) is 0 Å². The minimum Gasteiger partial charge on any atom is -0.334 e. The molecule has 3 nitrogen and oxygen atoms in total. The third kappa shape index (κ3) is 7.95. The van der Waals surface area contributed by atoms with Gasteiger partial charge in [0.1, 0.15) is 0 Å². The van der Waals surface area contributed by atoms with Crippen LogP contribution >= 0.6 is 0 Å². The highest BCUT2D eigenvalue weighted by Gasteiger charge is 2.58. The van der Waals surface area contributed by atoms with Crippen LogP contribution < -0.4 is 31.1 Å². The second-order valence-corrected chi connectivity index (χ2v) is 29.6. The van der Waals surface area contributed by atoms with Gasteiger partial charge in [-0.1, -0.05) is 219 Å². The molecule has 8 aromatic carbocycles. The van der Waals surface area contributed by atoms with E-state index < -0.39 is 0 Å². The molecule has 8 aromatic rings. The van der Waals surface area contributed by atoms with Crippen LogP contribution in [0.1, 0.15) is 176 Å². The monoisotopic (exact) mass is 1050 g/mol. The van der Waals surface area contributed by atoms with Gasteiger partial charge in [-0.15, -0.1) is 0 Å². The number of benzene rings is 8. The van der Waals surface area contributed by atoms with Crippen molar-refractivity contribution in [2.24, 2.45) is 0 Å². The van der Waals surface area contributed by atoms with Crippen molar-refractivity contribution in [3.63, 3.8) is 0 Å². The van der Waals surface area contributed by atoms with Crippen molar-refractivity contribution in [3.8, 4) is 22.3 Å². The zero-order valence-corrected chi connectivity index (χ0v) is 50.8. The maximum absolute atomic E-state index is 2.83. The molecule has 2 unspecified atom stereocenters. The molecule has 3 heterocycles. The van der Waals surface area contributed by atoms with E-state index in [1.807, 2.05) is 0 Å². The highest BCUT2D eigenvalue weighted by Crippen LogP contribution is 2.62. The van der Waals surface area contributed by atoms with E-state index in [2.05, 4.69) is 282 Å². The van der Waals surface area contributed by atoms with E-state index in [0.29, 0.717) is 0 Å². The fourth-order valence-electron chi connectivity index (χ4n) is 15.3. The first-order chi connectivity index (χ1) is 37.8. The average Bonchev–Trinajstić information content (AvgIpc) is 3.84. The first-order valence-electron chi connectivity index (χ1n) is 30.2. The van der Waals surface area contributed by atoms with Crippen molar-refractivity contribution in [2.45, 2.75) is 180 Å². The molecule has 0 N–H and O–H groups in total. The summed E-state index contributed by atoms with van der Waals surface area (Å²) in [5.41, 5.74) is 27.3. The van der Waals surface area contributed by atoms with Gasteiger partial charge in [-0.2, -0.15) is 0 Å². The number of nitrogens with zero attached hydrogens (tertiary/aromatic N) is 3. The maximum atomic E-state index is 2.83. The lowest BCUT2D eigenvalue weighted by molar-refractivity contribution is 0.195. The summed E-state index contributed by atoms with van der Waals surface area (Å²) < 4.78 is 0. The second kappa shape index (κ2) is 17.9. The Morgan fingerprint density at radius 1 is 0.375 bits per heavy atom. The summed E-state index contributed by atoms with van der Waals surface area (Å²) >= 11 is 0. The summed E-state index contributed by atoms with van der Waals surface area (Å²) in [5.74, 6) is 0. The molecule has 406 valence electrons. The third-order valence-electron chi connectivity index (χ3n) is 20.5. The smallest absolute Gasteiger partial charge is 0.252 e. The van der Waals surface area contributed by atoms with Crippen LogP contribution in [0.3, 0.4) is 0 Å². The number of hydrogen-bond donors (Lipinski definition) is 0. The number of anilines is 8. The molecule has 0 amide bonds. The number of para-hydroxylation sites is 1. The van der Waals surface area contributed by atoms with E-state index in [0.717, 1.165) is 19.3 Å². The molecule has 2 aliphatic carbocycles. The van der Waals surface area contributed by atoms with Gasteiger partial charge in [0.15, 0.2) is 0 Å². The predicted molar refractivity (Wildman–Crippen MR) is 346 cm³/mol. The van der Waals surface area contributed by atoms with Crippen LogP contribution in [0.15, 0.2) is 164 Å². The first-order valence-corrected chi connectivity index (χ1v) is 30.2. The highest BCUT2D eigenvalue weighted by atomic mass is 15.3. The van der Waals surface area contributed by atoms with Crippen LogP contribution in [0.5, 0.6) is 0 Å². The number of hydrogen-bond acceptors (Lipinski definition) is 3. The van der Waals surface area contributed by atoms with Gasteiger partial charge >= 0.3 is 0 Å². The molecular weight excluding hydrogens is 966 g/mol. The molecule has 0 saturated heterocycles. The maximum Gasteiger partial charge on any atom is 0.252 e. The van der Waals surface area contributed by atoms with Gasteiger partial charge in [0.2, 0.25) is 0 Å². The van der Waals surface area contributed by atoms with Crippen LogP contribution in [0, 0.1) is 0 Å². The molecule has 3 aliphatic heterocycles. The van der Waals surface area contributed by atoms with Crippen molar-refractivity contribution in [1.82, 2.24) is 0 Å². The normalized spacial score (nSPS) is 20.6. The molecule has 4 heteroatoms. The summed E-state index contributed by atoms with van der Waals surface area (Å²) in [6.45, 7) is 36.4. The predicted octanol–water partition coefficient (Wildman–Crippen LogP) is 19.1. The first kappa shape index (κ1) is 52.6. The molecule has 13 rings (SSSR count). The van der Waals surface area contributed by atoms with E-state index in [1.165, 1.54) is 137 Å². The van der Waals surface area contributed by atoms with Gasteiger partial charge < -0.3 is 14.7 Å². The topological polar surface area (TPSA) is 9.72 Å². The van der Waals surface area contributed by atoms with Crippen molar-refractivity contribution in [3.05, 3.63) is 197 Å². The molecular formula is C76H84BN3. The van der Waals surface area contributed by atoms with E-state index in [4.69, 9.17) is 0 Å². The second-order valence-electron chi connectivity index (χ2n) is 29.6. The van der Waals surface area contributed by atoms with Crippen molar-refractivity contribution >= 4 is 68.6 Å². The summed E-state index contributed by atoms with van der Waals surface area (Å²) in [7, 11) is 0. The SMILES string of the molecule is CC(C)(C)c1ccc(N2c3cc(C(C)(C)C)ccc3B3c4cc5c(cc4N(c4ccc(C(C)(C)C)cc4-c4ccccc4)c4cc(N6c7ccccc7C7(C)CCCCC67C)cc2c43)C(C)(C)CCC5(C)C)c(-c2ccccc2)c1. The molecule has 80 heavy (non-hydrogen) atoms. The zero-order chi connectivity index (χ0) is 56.3. The third-order valence-corrected chi connectivity index (χ3v) is 20.5. The molecule has 5 aliphatic rings. The Bertz CT molecular complexity index is 3770. The van der Waals surface area contributed by atoms with Crippen LogP contribution in [-0.4, -0.2) is 12.3 Å².